The van der Waals surface area contributed by atoms with E-state index < -0.39 is 0 Å². The highest BCUT2D eigenvalue weighted by molar-refractivity contribution is 6.14. The van der Waals surface area contributed by atoms with E-state index in [-0.39, 0.29) is 0 Å². The normalized spacial score (nSPS) is 15.0. The molecule has 7 nitrogen and oxygen atoms in total. The Labute approximate surface area is 189 Å². The van der Waals surface area contributed by atoms with Gasteiger partial charge in [0.15, 0.2) is 0 Å². The monoisotopic (exact) mass is 427 g/mol. The van der Waals surface area contributed by atoms with Crippen molar-refractivity contribution in [3.63, 3.8) is 0 Å². The van der Waals surface area contributed by atoms with Gasteiger partial charge in [0.1, 0.15) is 6.07 Å². The molecule has 0 amide bonds. The fraction of sp³-hybridized carbons (Fsp3) is 0.360. The third-order valence-corrected chi connectivity index (χ3v) is 6.26. The number of nitriles is 1. The van der Waals surface area contributed by atoms with Crippen LogP contribution < -0.4 is 11.5 Å². The van der Waals surface area contributed by atoms with Gasteiger partial charge in [-0.2, -0.15) is 15.5 Å². The van der Waals surface area contributed by atoms with Gasteiger partial charge in [0.2, 0.25) is 0 Å². The molecule has 4 rings (SSSR count). The van der Waals surface area contributed by atoms with Crippen molar-refractivity contribution in [1.29, 1.82) is 5.26 Å². The van der Waals surface area contributed by atoms with E-state index in [1.807, 2.05) is 13.0 Å². The van der Waals surface area contributed by atoms with Crippen molar-refractivity contribution in [1.82, 2.24) is 9.88 Å². The SMILES string of the molecule is C=C1CCc2c1ccc(CCN(CCN)CC1=NN=C(c3cc(C)c(C#N)cn3)C1)c2N. The Hall–Kier alpha value is -3.34. The number of allylic oxidation sites excluding steroid dienone is 1. The second-order valence-corrected chi connectivity index (χ2v) is 8.47. The predicted octanol–water partition coefficient (Wildman–Crippen LogP) is 2.86. The van der Waals surface area contributed by atoms with Crippen LogP contribution in [0.2, 0.25) is 0 Å². The second kappa shape index (κ2) is 9.43. The summed E-state index contributed by atoms with van der Waals surface area (Å²) in [6.07, 6.45) is 5.10. The van der Waals surface area contributed by atoms with Crippen LogP contribution in [0.4, 0.5) is 5.69 Å². The van der Waals surface area contributed by atoms with Crippen LogP contribution in [-0.2, 0) is 12.8 Å². The lowest BCUT2D eigenvalue weighted by molar-refractivity contribution is 0.323. The summed E-state index contributed by atoms with van der Waals surface area (Å²) < 4.78 is 0. The standard InChI is InChI=1S/C25H29N7/c1-16-3-5-22-21(16)6-4-18(25(22)28)7-9-32(10-8-26)15-20-12-24(31-30-20)23-11-17(2)19(13-27)14-29-23/h4,6,11,14H,1,3,5,7-10,12,15,26,28H2,2H3. The van der Waals surface area contributed by atoms with Gasteiger partial charge in [-0.1, -0.05) is 18.7 Å². The van der Waals surface area contributed by atoms with Crippen LogP contribution in [-0.4, -0.2) is 47.5 Å². The van der Waals surface area contributed by atoms with Crippen molar-refractivity contribution in [3.8, 4) is 6.07 Å². The van der Waals surface area contributed by atoms with Gasteiger partial charge >= 0.3 is 0 Å². The zero-order valence-corrected chi connectivity index (χ0v) is 18.6. The van der Waals surface area contributed by atoms with Crippen molar-refractivity contribution < 1.29 is 0 Å². The molecule has 0 atom stereocenters. The average molecular weight is 428 g/mol. The van der Waals surface area contributed by atoms with E-state index in [1.54, 1.807) is 6.20 Å². The molecule has 2 aromatic rings. The Morgan fingerprint density at radius 2 is 2.06 bits per heavy atom. The molecule has 7 heteroatoms. The van der Waals surface area contributed by atoms with E-state index >= 15 is 0 Å². The van der Waals surface area contributed by atoms with Crippen LogP contribution in [0.25, 0.3) is 5.57 Å². The van der Waals surface area contributed by atoms with E-state index in [4.69, 9.17) is 16.7 Å². The second-order valence-electron chi connectivity index (χ2n) is 8.47. The van der Waals surface area contributed by atoms with E-state index in [0.29, 0.717) is 25.1 Å². The molecule has 32 heavy (non-hydrogen) atoms. The van der Waals surface area contributed by atoms with Crippen LogP contribution in [0.1, 0.15) is 46.4 Å². The van der Waals surface area contributed by atoms with Gasteiger partial charge in [-0.05, 0) is 60.1 Å². The van der Waals surface area contributed by atoms with Gasteiger partial charge in [0.05, 0.1) is 22.7 Å². The number of nitrogen functional groups attached to an aromatic ring is 1. The van der Waals surface area contributed by atoms with Crippen molar-refractivity contribution in [3.05, 3.63) is 64.5 Å². The Kier molecular flexibility index (Phi) is 6.45. The minimum absolute atomic E-state index is 0.580. The number of rotatable bonds is 8. The number of benzene rings is 1. The fourth-order valence-electron chi connectivity index (χ4n) is 4.39. The van der Waals surface area contributed by atoms with Gasteiger partial charge in [0, 0.05) is 44.5 Å². The zero-order chi connectivity index (χ0) is 22.7. The number of pyridine rings is 1. The smallest absolute Gasteiger partial charge is 0.101 e. The molecule has 1 aliphatic carbocycles. The number of aromatic nitrogens is 1. The lowest BCUT2D eigenvalue weighted by Gasteiger charge is -2.22. The Bertz CT molecular complexity index is 1150. The molecule has 0 saturated carbocycles. The summed E-state index contributed by atoms with van der Waals surface area (Å²) in [5.74, 6) is 0. The maximum absolute atomic E-state index is 9.10. The van der Waals surface area contributed by atoms with E-state index in [1.165, 1.54) is 22.3 Å². The van der Waals surface area contributed by atoms with E-state index in [9.17, 15) is 0 Å². The lowest BCUT2D eigenvalue weighted by Crippen LogP contribution is -2.36. The number of fused-ring (bicyclic) bond motifs is 1. The predicted molar refractivity (Wildman–Crippen MR) is 130 cm³/mol. The molecule has 4 N–H and O–H groups in total. The minimum Gasteiger partial charge on any atom is -0.398 e. The van der Waals surface area contributed by atoms with Crippen LogP contribution in [0.15, 0.2) is 41.2 Å². The van der Waals surface area contributed by atoms with Crippen LogP contribution in [0, 0.1) is 18.3 Å². The number of nitrogens with zero attached hydrogens (tertiary/aromatic N) is 5. The minimum atomic E-state index is 0.580. The Morgan fingerprint density at radius 1 is 1.22 bits per heavy atom. The van der Waals surface area contributed by atoms with Crippen molar-refractivity contribution in [2.45, 2.75) is 32.6 Å². The number of anilines is 1. The number of hydrogen-bond acceptors (Lipinski definition) is 7. The van der Waals surface area contributed by atoms with Gasteiger partial charge in [-0.25, -0.2) is 0 Å². The first-order valence-corrected chi connectivity index (χ1v) is 11.0. The van der Waals surface area contributed by atoms with Gasteiger partial charge < -0.3 is 11.5 Å². The maximum atomic E-state index is 9.10. The lowest BCUT2D eigenvalue weighted by atomic mass is 10.00. The molecule has 1 aromatic carbocycles. The quantitative estimate of drug-likeness (QED) is 0.628. The largest absolute Gasteiger partial charge is 0.398 e. The summed E-state index contributed by atoms with van der Waals surface area (Å²) in [7, 11) is 0. The van der Waals surface area contributed by atoms with Crippen molar-refractivity contribution in [2.75, 3.05) is 31.9 Å². The molecule has 0 unspecified atom stereocenters. The molecule has 164 valence electrons. The third kappa shape index (κ3) is 4.47. The highest BCUT2D eigenvalue weighted by Gasteiger charge is 2.21. The van der Waals surface area contributed by atoms with Crippen molar-refractivity contribution in [2.24, 2.45) is 15.9 Å². The molecule has 1 aromatic heterocycles. The fourth-order valence-corrected chi connectivity index (χ4v) is 4.39. The molecule has 0 bridgehead atoms. The highest BCUT2D eigenvalue weighted by atomic mass is 15.3. The summed E-state index contributed by atoms with van der Waals surface area (Å²) in [5.41, 5.74) is 22.2. The highest BCUT2D eigenvalue weighted by Crippen LogP contribution is 2.36. The van der Waals surface area contributed by atoms with Crippen LogP contribution in [0.3, 0.4) is 0 Å². The number of hydrogen-bond donors (Lipinski definition) is 2. The van der Waals surface area contributed by atoms with E-state index in [0.717, 1.165) is 60.7 Å². The first-order chi connectivity index (χ1) is 15.5. The van der Waals surface area contributed by atoms with Gasteiger partial charge in [0.25, 0.3) is 0 Å². The number of nitrogens with two attached hydrogens (primary N) is 2. The molecule has 0 radical (unpaired) electrons. The average Bonchev–Trinajstić information content (AvgIpc) is 3.40. The van der Waals surface area contributed by atoms with Crippen LogP contribution in [0.5, 0.6) is 0 Å². The Balaban J connectivity index is 1.37. The summed E-state index contributed by atoms with van der Waals surface area (Å²) in [4.78, 5) is 6.69. The molecule has 2 heterocycles. The summed E-state index contributed by atoms with van der Waals surface area (Å²) in [6.45, 7) is 8.97. The molecular weight excluding hydrogens is 398 g/mol. The number of aryl methyl sites for hydroxylation is 1. The summed E-state index contributed by atoms with van der Waals surface area (Å²) >= 11 is 0. The third-order valence-electron chi connectivity index (χ3n) is 6.26. The molecular formula is C25H29N7. The molecule has 1 aliphatic heterocycles. The maximum Gasteiger partial charge on any atom is 0.101 e. The molecule has 0 fully saturated rings. The van der Waals surface area contributed by atoms with Gasteiger partial charge in [-0.15, -0.1) is 0 Å². The topological polar surface area (TPSA) is 117 Å². The van der Waals surface area contributed by atoms with Crippen molar-refractivity contribution >= 4 is 22.7 Å². The molecule has 2 aliphatic rings. The first kappa shape index (κ1) is 21.9. The summed E-state index contributed by atoms with van der Waals surface area (Å²) in [5, 5.41) is 17.9. The Morgan fingerprint density at radius 3 is 2.81 bits per heavy atom. The zero-order valence-electron chi connectivity index (χ0n) is 18.6. The van der Waals surface area contributed by atoms with Crippen LogP contribution >= 0.6 is 0 Å². The van der Waals surface area contributed by atoms with E-state index in [2.05, 4.69) is 44.9 Å². The first-order valence-electron chi connectivity index (χ1n) is 11.0. The molecule has 0 spiro atoms. The summed E-state index contributed by atoms with van der Waals surface area (Å²) in [6, 6.07) is 8.35. The molecule has 0 saturated heterocycles. The van der Waals surface area contributed by atoms with Gasteiger partial charge in [-0.3, -0.25) is 9.88 Å².